The van der Waals surface area contributed by atoms with Gasteiger partial charge in [-0.3, -0.25) is 19.3 Å². The SMILES string of the molecule is COc1ccc(C(=O)COC(=O)CN=C2NS(=O)(=O)c3ccccc32)cc1. The minimum absolute atomic E-state index is 0.0732. The lowest BCUT2D eigenvalue weighted by Crippen LogP contribution is -2.24. The first-order valence-electron chi connectivity index (χ1n) is 7.90. The predicted octanol–water partition coefficient (Wildman–Crippen LogP) is 1.16. The fourth-order valence-corrected chi connectivity index (χ4v) is 3.70. The van der Waals surface area contributed by atoms with Crippen molar-refractivity contribution in [1.29, 1.82) is 0 Å². The Labute approximate surface area is 155 Å². The van der Waals surface area contributed by atoms with Crippen LogP contribution in [0.15, 0.2) is 58.4 Å². The van der Waals surface area contributed by atoms with E-state index in [1.54, 1.807) is 42.5 Å². The first-order chi connectivity index (χ1) is 12.9. The summed E-state index contributed by atoms with van der Waals surface area (Å²) in [5.41, 5.74) is 0.770. The molecule has 1 aliphatic heterocycles. The Balaban J connectivity index is 1.59. The van der Waals surface area contributed by atoms with Crippen LogP contribution in [0.25, 0.3) is 0 Å². The molecule has 8 nitrogen and oxygen atoms in total. The van der Waals surface area contributed by atoms with Crippen molar-refractivity contribution in [3.63, 3.8) is 0 Å². The maximum atomic E-state index is 12.0. The van der Waals surface area contributed by atoms with Gasteiger partial charge in [0.25, 0.3) is 10.0 Å². The summed E-state index contributed by atoms with van der Waals surface area (Å²) in [5.74, 6) is -0.429. The average molecular weight is 388 g/mol. The Bertz CT molecular complexity index is 1010. The second-order valence-corrected chi connectivity index (χ2v) is 7.23. The first-order valence-corrected chi connectivity index (χ1v) is 9.38. The third kappa shape index (κ3) is 4.14. The van der Waals surface area contributed by atoms with Crippen LogP contribution in [0.3, 0.4) is 0 Å². The number of carbonyl (C=O) groups excluding carboxylic acids is 2. The van der Waals surface area contributed by atoms with Crippen LogP contribution in [-0.4, -0.2) is 46.3 Å². The molecule has 0 spiro atoms. The van der Waals surface area contributed by atoms with E-state index in [4.69, 9.17) is 9.47 Å². The summed E-state index contributed by atoms with van der Waals surface area (Å²) >= 11 is 0. The normalized spacial score (nSPS) is 15.7. The molecule has 9 heteroatoms. The molecule has 1 heterocycles. The minimum Gasteiger partial charge on any atom is -0.497 e. The Hall–Kier alpha value is -3.20. The molecule has 1 N–H and O–H groups in total. The predicted molar refractivity (Wildman–Crippen MR) is 96.5 cm³/mol. The largest absolute Gasteiger partial charge is 0.497 e. The minimum atomic E-state index is -3.67. The smallest absolute Gasteiger partial charge is 0.328 e. The number of hydrogen-bond acceptors (Lipinski definition) is 7. The zero-order valence-electron chi connectivity index (χ0n) is 14.3. The number of fused-ring (bicyclic) bond motifs is 1. The maximum absolute atomic E-state index is 12.0. The van der Waals surface area contributed by atoms with E-state index in [0.717, 1.165) is 0 Å². The van der Waals surface area contributed by atoms with Gasteiger partial charge in [0.05, 0.1) is 12.0 Å². The molecule has 0 aliphatic carbocycles. The van der Waals surface area contributed by atoms with Gasteiger partial charge in [0, 0.05) is 11.1 Å². The number of Topliss-reactive ketones (excluding diaryl/α,β-unsaturated/α-hetero) is 1. The van der Waals surface area contributed by atoms with Crippen LogP contribution in [0.1, 0.15) is 15.9 Å². The fraction of sp³-hybridized carbons (Fsp3) is 0.167. The van der Waals surface area contributed by atoms with Crippen molar-refractivity contribution in [3.8, 4) is 5.75 Å². The van der Waals surface area contributed by atoms with E-state index in [2.05, 4.69) is 9.71 Å². The van der Waals surface area contributed by atoms with E-state index < -0.39 is 29.1 Å². The highest BCUT2D eigenvalue weighted by atomic mass is 32.2. The van der Waals surface area contributed by atoms with E-state index in [1.165, 1.54) is 13.2 Å². The van der Waals surface area contributed by atoms with E-state index >= 15 is 0 Å². The molecule has 2 aromatic carbocycles. The molecular formula is C18H16N2O6S. The van der Waals surface area contributed by atoms with E-state index in [0.29, 0.717) is 16.9 Å². The molecule has 0 radical (unpaired) electrons. The van der Waals surface area contributed by atoms with Crippen molar-refractivity contribution in [2.45, 2.75) is 4.90 Å². The monoisotopic (exact) mass is 388 g/mol. The summed E-state index contributed by atoms with van der Waals surface area (Å²) in [6, 6.07) is 12.7. The van der Waals surface area contributed by atoms with Gasteiger partial charge in [-0.05, 0) is 36.4 Å². The molecule has 1 aliphatic rings. The zero-order valence-corrected chi connectivity index (χ0v) is 15.2. The van der Waals surface area contributed by atoms with E-state index in [1.807, 2.05) is 0 Å². The molecule has 0 bridgehead atoms. The van der Waals surface area contributed by atoms with Crippen molar-refractivity contribution in [1.82, 2.24) is 4.72 Å². The number of benzene rings is 2. The molecule has 0 saturated heterocycles. The third-order valence-corrected chi connectivity index (χ3v) is 5.20. The van der Waals surface area contributed by atoms with Gasteiger partial charge in [-0.1, -0.05) is 12.1 Å². The van der Waals surface area contributed by atoms with Crippen LogP contribution >= 0.6 is 0 Å². The van der Waals surface area contributed by atoms with Gasteiger partial charge >= 0.3 is 5.97 Å². The Kier molecular flexibility index (Phi) is 5.22. The third-order valence-electron chi connectivity index (χ3n) is 3.81. The second kappa shape index (κ2) is 7.58. The van der Waals surface area contributed by atoms with Gasteiger partial charge in [0.2, 0.25) is 0 Å². The standard InChI is InChI=1S/C18H16N2O6S/c1-25-13-8-6-12(7-9-13)15(21)11-26-17(22)10-19-18-14-4-2-3-5-16(14)27(23,24)20-18/h2-9H,10-11H2,1H3,(H,19,20). The van der Waals surface area contributed by atoms with Gasteiger partial charge in [-0.15, -0.1) is 0 Å². The molecule has 140 valence electrons. The number of esters is 1. The Morgan fingerprint density at radius 3 is 2.48 bits per heavy atom. The number of amidine groups is 1. The molecule has 2 aromatic rings. The van der Waals surface area contributed by atoms with E-state index in [-0.39, 0.29) is 16.5 Å². The highest BCUT2D eigenvalue weighted by Gasteiger charge is 2.30. The lowest BCUT2D eigenvalue weighted by molar-refractivity contribution is -0.140. The quantitative estimate of drug-likeness (QED) is 0.587. The number of ether oxygens (including phenoxy) is 2. The summed E-state index contributed by atoms with van der Waals surface area (Å²) in [4.78, 5) is 27.9. The average Bonchev–Trinajstić information content (AvgIpc) is 2.95. The number of rotatable bonds is 6. The number of nitrogens with one attached hydrogen (secondary N) is 1. The van der Waals surface area contributed by atoms with Crippen molar-refractivity contribution in [2.75, 3.05) is 20.3 Å². The van der Waals surface area contributed by atoms with Crippen LogP contribution in [0.2, 0.25) is 0 Å². The van der Waals surface area contributed by atoms with Crippen LogP contribution in [0, 0.1) is 0 Å². The van der Waals surface area contributed by atoms with Crippen LogP contribution in [0.4, 0.5) is 0 Å². The number of methoxy groups -OCH3 is 1. The van der Waals surface area contributed by atoms with Crippen molar-refractivity contribution < 1.29 is 27.5 Å². The lowest BCUT2D eigenvalue weighted by Gasteiger charge is -2.04. The summed E-state index contributed by atoms with van der Waals surface area (Å²) in [7, 11) is -2.15. The number of ketones is 1. The zero-order chi connectivity index (χ0) is 19.4. The molecule has 27 heavy (non-hydrogen) atoms. The molecule has 0 unspecified atom stereocenters. The van der Waals surface area contributed by atoms with Gasteiger partial charge in [-0.25, -0.2) is 8.42 Å². The van der Waals surface area contributed by atoms with Gasteiger partial charge in [-0.2, -0.15) is 0 Å². The van der Waals surface area contributed by atoms with Gasteiger partial charge in [0.1, 0.15) is 18.1 Å². The summed E-state index contributed by atoms with van der Waals surface area (Å²) in [6.07, 6.45) is 0. The van der Waals surface area contributed by atoms with Gasteiger partial charge in [0.15, 0.2) is 12.4 Å². The Morgan fingerprint density at radius 1 is 1.07 bits per heavy atom. The first kappa shape index (κ1) is 18.6. The topological polar surface area (TPSA) is 111 Å². The molecule has 3 rings (SSSR count). The number of nitrogens with zero attached hydrogens (tertiary/aromatic N) is 1. The molecule has 0 fully saturated rings. The second-order valence-electron chi connectivity index (χ2n) is 5.58. The van der Waals surface area contributed by atoms with E-state index in [9.17, 15) is 18.0 Å². The molecular weight excluding hydrogens is 372 g/mol. The van der Waals surface area contributed by atoms with Crippen molar-refractivity contribution >= 4 is 27.6 Å². The molecule has 0 saturated carbocycles. The summed E-state index contributed by atoms with van der Waals surface area (Å²) in [5, 5.41) is 0. The fourth-order valence-electron chi connectivity index (χ4n) is 2.45. The van der Waals surface area contributed by atoms with Crippen molar-refractivity contribution in [2.24, 2.45) is 4.99 Å². The Morgan fingerprint density at radius 2 is 1.78 bits per heavy atom. The van der Waals surface area contributed by atoms with Crippen molar-refractivity contribution in [3.05, 3.63) is 59.7 Å². The number of sulfonamides is 1. The molecule has 0 amide bonds. The summed E-state index contributed by atoms with van der Waals surface area (Å²) in [6.45, 7) is -0.847. The lowest BCUT2D eigenvalue weighted by atomic mass is 10.1. The number of carbonyl (C=O) groups is 2. The molecule has 0 atom stereocenters. The summed E-state index contributed by atoms with van der Waals surface area (Å²) < 4.78 is 36.1. The maximum Gasteiger partial charge on any atom is 0.328 e. The van der Waals surface area contributed by atoms with Gasteiger partial charge < -0.3 is 9.47 Å². The number of hydrogen-bond donors (Lipinski definition) is 1. The number of aliphatic imine (C=N–C) groups is 1. The van der Waals surface area contributed by atoms with Crippen LogP contribution in [0.5, 0.6) is 5.75 Å². The molecule has 0 aromatic heterocycles. The highest BCUT2D eigenvalue weighted by Crippen LogP contribution is 2.22. The highest BCUT2D eigenvalue weighted by molar-refractivity contribution is 7.90. The van der Waals surface area contributed by atoms with Crippen LogP contribution in [-0.2, 0) is 19.6 Å². The van der Waals surface area contributed by atoms with Crippen LogP contribution < -0.4 is 9.46 Å².